The molecular weight excluding hydrogens is 382 g/mol. The largest absolute Gasteiger partial charge is 0.365 e. The van der Waals surface area contributed by atoms with Crippen molar-refractivity contribution in [2.75, 3.05) is 0 Å². The molecule has 0 N–H and O–H groups in total. The Hall–Kier alpha value is -3.87. The van der Waals surface area contributed by atoms with Crippen molar-refractivity contribution in [1.82, 2.24) is 4.98 Å². The number of hydrogen-bond acceptors (Lipinski definition) is 6. The van der Waals surface area contributed by atoms with Gasteiger partial charge in [-0.3, -0.25) is 15.1 Å². The third-order valence-corrected chi connectivity index (χ3v) is 4.51. The second-order valence-electron chi connectivity index (χ2n) is 7.69. The second-order valence-corrected chi connectivity index (χ2v) is 7.69. The minimum Gasteiger partial charge on any atom is -0.312 e. The van der Waals surface area contributed by atoms with Crippen LogP contribution in [0.25, 0.3) is 0 Å². The van der Waals surface area contributed by atoms with Crippen molar-refractivity contribution in [3.8, 4) is 0 Å². The van der Waals surface area contributed by atoms with Crippen LogP contribution in [0.5, 0.6) is 0 Å². The van der Waals surface area contributed by atoms with Crippen LogP contribution >= 0.6 is 0 Å². The number of nitrogens with zero attached hydrogens (tertiary/aromatic N) is 3. The Morgan fingerprint density at radius 1 is 0.900 bits per heavy atom. The second kappa shape index (κ2) is 8.65. The highest BCUT2D eigenvalue weighted by molar-refractivity contribution is 6.12. The Morgan fingerprint density at radius 2 is 1.43 bits per heavy atom. The molecule has 152 valence electrons. The fourth-order valence-electron chi connectivity index (χ4n) is 2.77. The number of pyridine rings is 1. The summed E-state index contributed by atoms with van der Waals surface area (Å²) >= 11 is 0. The number of nitro benzene ring substituents is 1. The molecule has 2 aromatic carbocycles. The fraction of sp³-hybridized carbons (Fsp3) is 0.174. The molecule has 0 amide bonds. The number of hydrogen-bond donors (Lipinski definition) is 0. The van der Waals surface area contributed by atoms with E-state index in [-0.39, 0.29) is 11.1 Å². The Morgan fingerprint density at radius 3 is 1.97 bits per heavy atom. The SMILES string of the molecule is CC(C)(C)c1ccc(C(=O)ON=C(c2ccncc2)c2ccc([N+](=O)[O-])cc2)cc1. The van der Waals surface area contributed by atoms with Crippen molar-refractivity contribution in [1.29, 1.82) is 0 Å². The molecule has 0 atom stereocenters. The van der Waals surface area contributed by atoms with Crippen LogP contribution in [-0.2, 0) is 10.3 Å². The zero-order chi connectivity index (χ0) is 21.7. The first-order valence-electron chi connectivity index (χ1n) is 9.31. The molecule has 0 radical (unpaired) electrons. The van der Waals surface area contributed by atoms with Crippen LogP contribution in [0.3, 0.4) is 0 Å². The van der Waals surface area contributed by atoms with E-state index in [0.29, 0.717) is 22.4 Å². The maximum atomic E-state index is 12.5. The van der Waals surface area contributed by atoms with E-state index in [1.54, 1.807) is 48.8 Å². The van der Waals surface area contributed by atoms with E-state index in [1.165, 1.54) is 12.1 Å². The van der Waals surface area contributed by atoms with Crippen LogP contribution in [0.2, 0.25) is 0 Å². The average Bonchev–Trinajstić information content (AvgIpc) is 2.74. The number of nitro groups is 1. The summed E-state index contributed by atoms with van der Waals surface area (Å²) in [6.07, 6.45) is 3.17. The van der Waals surface area contributed by atoms with Gasteiger partial charge in [0.15, 0.2) is 0 Å². The maximum absolute atomic E-state index is 12.5. The third kappa shape index (κ3) is 4.94. The summed E-state index contributed by atoms with van der Waals surface area (Å²) in [5.41, 5.74) is 3.02. The number of carbonyl (C=O) groups excluding carboxylic acids is 1. The van der Waals surface area contributed by atoms with E-state index in [9.17, 15) is 14.9 Å². The lowest BCUT2D eigenvalue weighted by Crippen LogP contribution is -2.12. The zero-order valence-electron chi connectivity index (χ0n) is 16.9. The van der Waals surface area contributed by atoms with E-state index in [4.69, 9.17) is 4.84 Å². The summed E-state index contributed by atoms with van der Waals surface area (Å²) < 4.78 is 0. The quantitative estimate of drug-likeness (QED) is 0.261. The number of benzene rings is 2. The van der Waals surface area contributed by atoms with Crippen LogP contribution in [0.1, 0.15) is 47.8 Å². The van der Waals surface area contributed by atoms with Gasteiger partial charge in [-0.25, -0.2) is 4.79 Å². The molecular formula is C23H21N3O4. The molecule has 0 fully saturated rings. The first kappa shape index (κ1) is 20.9. The molecule has 1 aromatic heterocycles. The van der Waals surface area contributed by atoms with Gasteiger partial charge < -0.3 is 4.84 Å². The Balaban J connectivity index is 1.88. The molecule has 3 rings (SSSR count). The van der Waals surface area contributed by atoms with Crippen LogP contribution in [0.15, 0.2) is 78.2 Å². The molecule has 0 unspecified atom stereocenters. The lowest BCUT2D eigenvalue weighted by atomic mass is 9.87. The van der Waals surface area contributed by atoms with E-state index in [2.05, 4.69) is 30.9 Å². The highest BCUT2D eigenvalue weighted by Gasteiger charge is 2.16. The molecule has 0 aliphatic rings. The van der Waals surface area contributed by atoms with Crippen molar-refractivity contribution >= 4 is 17.4 Å². The van der Waals surface area contributed by atoms with Gasteiger partial charge in [-0.1, -0.05) is 38.1 Å². The minimum atomic E-state index is -0.594. The van der Waals surface area contributed by atoms with Crippen molar-refractivity contribution < 1.29 is 14.6 Å². The van der Waals surface area contributed by atoms with Gasteiger partial charge in [-0.15, -0.1) is 0 Å². The molecule has 7 nitrogen and oxygen atoms in total. The van der Waals surface area contributed by atoms with Gasteiger partial charge in [0.25, 0.3) is 5.69 Å². The molecule has 0 aliphatic carbocycles. The van der Waals surface area contributed by atoms with E-state index in [0.717, 1.165) is 5.56 Å². The van der Waals surface area contributed by atoms with Crippen molar-refractivity contribution in [3.63, 3.8) is 0 Å². The Labute approximate surface area is 174 Å². The molecule has 0 bridgehead atoms. The monoisotopic (exact) mass is 403 g/mol. The molecule has 7 heteroatoms. The fourth-order valence-corrected chi connectivity index (χ4v) is 2.77. The summed E-state index contributed by atoms with van der Waals surface area (Å²) in [6, 6.07) is 16.5. The van der Waals surface area contributed by atoms with Crippen molar-refractivity contribution in [2.45, 2.75) is 26.2 Å². The Bertz CT molecular complexity index is 1070. The third-order valence-electron chi connectivity index (χ3n) is 4.51. The van der Waals surface area contributed by atoms with E-state index in [1.807, 2.05) is 12.1 Å². The molecule has 0 aliphatic heterocycles. The first-order chi connectivity index (χ1) is 14.3. The summed E-state index contributed by atoms with van der Waals surface area (Å²) in [7, 11) is 0. The minimum absolute atomic E-state index is 0.0228. The molecule has 3 aromatic rings. The van der Waals surface area contributed by atoms with E-state index < -0.39 is 10.9 Å². The smallest absolute Gasteiger partial charge is 0.312 e. The van der Waals surface area contributed by atoms with Gasteiger partial charge in [0.2, 0.25) is 0 Å². The van der Waals surface area contributed by atoms with Gasteiger partial charge in [-0.05, 0) is 47.4 Å². The van der Waals surface area contributed by atoms with Crippen LogP contribution in [0, 0.1) is 10.1 Å². The molecule has 0 saturated heterocycles. The van der Waals surface area contributed by atoms with Gasteiger partial charge in [-0.2, -0.15) is 0 Å². The lowest BCUT2D eigenvalue weighted by molar-refractivity contribution is -0.384. The van der Waals surface area contributed by atoms with Gasteiger partial charge in [0, 0.05) is 35.7 Å². The summed E-state index contributed by atoms with van der Waals surface area (Å²) in [6.45, 7) is 6.28. The molecule has 1 heterocycles. The van der Waals surface area contributed by atoms with Gasteiger partial charge in [0.05, 0.1) is 10.5 Å². The van der Waals surface area contributed by atoms with Gasteiger partial charge in [0.1, 0.15) is 5.71 Å². The number of carbonyl (C=O) groups is 1. The molecule has 30 heavy (non-hydrogen) atoms. The molecule has 0 saturated carbocycles. The number of oxime groups is 1. The first-order valence-corrected chi connectivity index (χ1v) is 9.31. The van der Waals surface area contributed by atoms with E-state index >= 15 is 0 Å². The summed E-state index contributed by atoms with van der Waals surface area (Å²) in [5.74, 6) is -0.594. The summed E-state index contributed by atoms with van der Waals surface area (Å²) in [5, 5.41) is 15.0. The maximum Gasteiger partial charge on any atom is 0.365 e. The molecule has 0 spiro atoms. The van der Waals surface area contributed by atoms with Gasteiger partial charge >= 0.3 is 5.97 Å². The number of non-ortho nitro benzene ring substituents is 1. The predicted octanol–water partition coefficient (Wildman–Crippen LogP) is 4.90. The van der Waals surface area contributed by atoms with Crippen molar-refractivity contribution in [3.05, 3.63) is 105 Å². The number of rotatable bonds is 5. The van der Waals surface area contributed by atoms with Crippen LogP contribution in [-0.4, -0.2) is 21.6 Å². The Kier molecular flexibility index (Phi) is 6.01. The standard InChI is InChI=1S/C23H21N3O4/c1-23(2,3)19-8-4-18(5-9-19)22(27)30-25-21(17-12-14-24-15-13-17)16-6-10-20(11-7-16)26(28)29/h4-15H,1-3H3. The normalized spacial score (nSPS) is 11.8. The zero-order valence-corrected chi connectivity index (χ0v) is 16.9. The predicted molar refractivity (Wildman–Crippen MR) is 114 cm³/mol. The van der Waals surface area contributed by atoms with Crippen LogP contribution in [0.4, 0.5) is 5.69 Å². The van der Waals surface area contributed by atoms with Crippen LogP contribution < -0.4 is 0 Å². The highest BCUT2D eigenvalue weighted by Crippen LogP contribution is 2.22. The summed E-state index contributed by atoms with van der Waals surface area (Å²) in [4.78, 5) is 32.1. The lowest BCUT2D eigenvalue weighted by Gasteiger charge is -2.18. The topological polar surface area (TPSA) is 94.7 Å². The van der Waals surface area contributed by atoms with Crippen molar-refractivity contribution in [2.24, 2.45) is 5.16 Å². The average molecular weight is 403 g/mol. The number of aromatic nitrogens is 1. The highest BCUT2D eigenvalue weighted by atomic mass is 16.7.